The summed E-state index contributed by atoms with van der Waals surface area (Å²) in [6.45, 7) is 6.95. The van der Waals surface area contributed by atoms with Gasteiger partial charge in [0.2, 0.25) is 5.91 Å². The zero-order valence-corrected chi connectivity index (χ0v) is 10.4. The maximum Gasteiger partial charge on any atom is 0.248 e. The molecule has 2 rings (SSSR count). The Morgan fingerprint density at radius 3 is 2.41 bits per heavy atom. The van der Waals surface area contributed by atoms with Crippen LogP contribution >= 0.6 is 0 Å². The third kappa shape index (κ3) is 3.66. The number of aliphatic hydroxyl groups is 1. The number of piperidine rings is 1. The highest BCUT2D eigenvalue weighted by atomic mass is 16.3. The summed E-state index contributed by atoms with van der Waals surface area (Å²) in [7, 11) is 0. The summed E-state index contributed by atoms with van der Waals surface area (Å²) < 4.78 is 0. The van der Waals surface area contributed by atoms with E-state index < -0.39 is 0 Å². The van der Waals surface area contributed by atoms with E-state index in [4.69, 9.17) is 5.11 Å². The minimum Gasteiger partial charge on any atom is -0.387 e. The van der Waals surface area contributed by atoms with E-state index in [1.54, 1.807) is 4.90 Å². The van der Waals surface area contributed by atoms with Gasteiger partial charge in [0.25, 0.3) is 0 Å². The lowest BCUT2D eigenvalue weighted by Gasteiger charge is -2.36. The van der Waals surface area contributed by atoms with E-state index >= 15 is 0 Å². The molecule has 0 radical (unpaired) electrons. The molecule has 5 nitrogen and oxygen atoms in total. The van der Waals surface area contributed by atoms with Gasteiger partial charge in [0.15, 0.2) is 0 Å². The van der Waals surface area contributed by atoms with Crippen molar-refractivity contribution in [3.05, 3.63) is 0 Å². The highest BCUT2D eigenvalue weighted by molar-refractivity contribution is 5.77. The average Bonchev–Trinajstić information content (AvgIpc) is 2.40. The fourth-order valence-electron chi connectivity index (χ4n) is 2.72. The molecule has 2 heterocycles. The fraction of sp³-hybridized carbons (Fsp3) is 0.917. The van der Waals surface area contributed by atoms with Crippen LogP contribution in [-0.2, 0) is 4.79 Å². The Hall–Kier alpha value is -0.650. The van der Waals surface area contributed by atoms with Crippen molar-refractivity contribution >= 4 is 5.91 Å². The van der Waals surface area contributed by atoms with Crippen LogP contribution in [0.3, 0.4) is 0 Å². The van der Waals surface area contributed by atoms with Crippen LogP contribution in [0.15, 0.2) is 0 Å². The topological polar surface area (TPSA) is 55.8 Å². The number of hydrogen-bond donors (Lipinski definition) is 2. The lowest BCUT2D eigenvalue weighted by molar-refractivity contribution is -0.135. The van der Waals surface area contributed by atoms with Gasteiger partial charge in [0, 0.05) is 45.8 Å². The first-order chi connectivity index (χ1) is 8.29. The molecule has 0 aliphatic carbocycles. The molecule has 2 aliphatic rings. The molecule has 0 spiro atoms. The summed E-state index contributed by atoms with van der Waals surface area (Å²) in [6, 6.07) is 0. The van der Waals surface area contributed by atoms with Gasteiger partial charge >= 0.3 is 0 Å². The molecule has 5 heteroatoms. The van der Waals surface area contributed by atoms with Crippen LogP contribution in [0.2, 0.25) is 0 Å². The van der Waals surface area contributed by atoms with E-state index in [0.717, 1.165) is 58.0 Å². The summed E-state index contributed by atoms with van der Waals surface area (Å²) in [5.74, 6) is 0.599. The van der Waals surface area contributed by atoms with Gasteiger partial charge in [-0.25, -0.2) is 0 Å². The highest BCUT2D eigenvalue weighted by Crippen LogP contribution is 2.18. The molecule has 0 aromatic rings. The van der Waals surface area contributed by atoms with Gasteiger partial charge in [-0.05, 0) is 18.8 Å². The number of piperazine rings is 1. The first kappa shape index (κ1) is 12.8. The molecule has 2 N–H and O–H groups in total. The molecule has 0 aromatic heterocycles. The number of carbonyl (C=O) groups excluding carboxylic acids is 1. The van der Waals surface area contributed by atoms with Crippen LogP contribution in [-0.4, -0.2) is 73.2 Å². The Bertz CT molecular complexity index is 246. The fourth-order valence-corrected chi connectivity index (χ4v) is 2.72. The Morgan fingerprint density at radius 2 is 1.82 bits per heavy atom. The Morgan fingerprint density at radius 1 is 1.18 bits per heavy atom. The molecule has 0 atom stereocenters. The smallest absolute Gasteiger partial charge is 0.248 e. The molecule has 98 valence electrons. The lowest BCUT2D eigenvalue weighted by atomic mass is 9.96. The number of rotatable bonds is 3. The van der Waals surface area contributed by atoms with Gasteiger partial charge in [0.05, 0.1) is 0 Å². The molecule has 2 saturated heterocycles. The zero-order valence-electron chi connectivity index (χ0n) is 10.4. The third-order valence-corrected chi connectivity index (χ3v) is 3.83. The second-order valence-electron chi connectivity index (χ2n) is 5.03. The minimum atomic E-state index is -0.345. The van der Waals surface area contributed by atoms with E-state index in [9.17, 15) is 4.79 Å². The number of amides is 1. The van der Waals surface area contributed by atoms with Crippen molar-refractivity contribution in [3.63, 3.8) is 0 Å². The summed E-state index contributed by atoms with van der Waals surface area (Å²) in [6.07, 6.45) is 2.16. The Labute approximate surface area is 103 Å². The second-order valence-corrected chi connectivity index (χ2v) is 5.03. The zero-order chi connectivity index (χ0) is 12.1. The molecule has 2 fully saturated rings. The van der Waals surface area contributed by atoms with Crippen molar-refractivity contribution < 1.29 is 9.90 Å². The van der Waals surface area contributed by atoms with Crippen molar-refractivity contribution in [2.24, 2.45) is 5.92 Å². The van der Waals surface area contributed by atoms with Crippen LogP contribution in [0, 0.1) is 5.92 Å². The number of likely N-dealkylation sites (tertiary alicyclic amines) is 1. The van der Waals surface area contributed by atoms with E-state index in [1.807, 2.05) is 0 Å². The molecule has 0 bridgehead atoms. The SMILES string of the molecule is O=C(CO)N1CCC(CN2CCNCC2)CC1. The van der Waals surface area contributed by atoms with Crippen LogP contribution < -0.4 is 5.32 Å². The van der Waals surface area contributed by atoms with E-state index in [0.29, 0.717) is 0 Å². The molecule has 0 aromatic carbocycles. The van der Waals surface area contributed by atoms with Crippen LogP contribution in [0.4, 0.5) is 0 Å². The maximum absolute atomic E-state index is 11.3. The Kier molecular flexibility index (Phi) is 4.76. The summed E-state index contributed by atoms with van der Waals surface area (Å²) in [4.78, 5) is 15.6. The van der Waals surface area contributed by atoms with Gasteiger partial charge in [-0.1, -0.05) is 0 Å². The standard InChI is InChI=1S/C12H23N3O2/c16-10-12(17)15-5-1-11(2-6-15)9-14-7-3-13-4-8-14/h11,13,16H,1-10H2. The quantitative estimate of drug-likeness (QED) is 0.674. The normalized spacial score (nSPS) is 23.9. The van der Waals surface area contributed by atoms with Crippen LogP contribution in [0.1, 0.15) is 12.8 Å². The molecule has 2 aliphatic heterocycles. The number of nitrogens with zero attached hydrogens (tertiary/aromatic N) is 2. The highest BCUT2D eigenvalue weighted by Gasteiger charge is 2.24. The number of aliphatic hydroxyl groups excluding tert-OH is 1. The van der Waals surface area contributed by atoms with Gasteiger partial charge in [-0.2, -0.15) is 0 Å². The minimum absolute atomic E-state index is 0.120. The number of carbonyl (C=O) groups is 1. The predicted molar refractivity (Wildman–Crippen MR) is 65.7 cm³/mol. The molecule has 17 heavy (non-hydrogen) atoms. The van der Waals surface area contributed by atoms with Crippen molar-refractivity contribution in [2.45, 2.75) is 12.8 Å². The van der Waals surface area contributed by atoms with Gasteiger partial charge in [-0.3, -0.25) is 4.79 Å². The van der Waals surface area contributed by atoms with Gasteiger partial charge in [-0.15, -0.1) is 0 Å². The molecular weight excluding hydrogens is 218 g/mol. The van der Waals surface area contributed by atoms with Crippen LogP contribution in [0.25, 0.3) is 0 Å². The largest absolute Gasteiger partial charge is 0.387 e. The van der Waals surface area contributed by atoms with E-state index in [2.05, 4.69) is 10.2 Å². The van der Waals surface area contributed by atoms with E-state index in [1.165, 1.54) is 6.54 Å². The van der Waals surface area contributed by atoms with Crippen LogP contribution in [0.5, 0.6) is 0 Å². The first-order valence-corrected chi connectivity index (χ1v) is 6.61. The van der Waals surface area contributed by atoms with Crippen molar-refractivity contribution in [1.29, 1.82) is 0 Å². The van der Waals surface area contributed by atoms with Crippen molar-refractivity contribution in [2.75, 3.05) is 52.4 Å². The van der Waals surface area contributed by atoms with E-state index in [-0.39, 0.29) is 12.5 Å². The molecule has 1 amide bonds. The molecule has 0 unspecified atom stereocenters. The monoisotopic (exact) mass is 241 g/mol. The van der Waals surface area contributed by atoms with Gasteiger partial charge in [0.1, 0.15) is 6.61 Å². The van der Waals surface area contributed by atoms with Crippen molar-refractivity contribution in [3.8, 4) is 0 Å². The lowest BCUT2D eigenvalue weighted by Crippen LogP contribution is -2.47. The third-order valence-electron chi connectivity index (χ3n) is 3.83. The second kappa shape index (κ2) is 6.33. The summed E-state index contributed by atoms with van der Waals surface area (Å²) in [5, 5.41) is 12.2. The summed E-state index contributed by atoms with van der Waals surface area (Å²) in [5.41, 5.74) is 0. The summed E-state index contributed by atoms with van der Waals surface area (Å²) >= 11 is 0. The van der Waals surface area contributed by atoms with Crippen molar-refractivity contribution in [1.82, 2.24) is 15.1 Å². The number of nitrogens with one attached hydrogen (secondary N) is 1. The average molecular weight is 241 g/mol. The maximum atomic E-state index is 11.3. The molecule has 0 saturated carbocycles. The van der Waals surface area contributed by atoms with Gasteiger partial charge < -0.3 is 20.2 Å². The molecular formula is C12H23N3O2. The predicted octanol–water partition coefficient (Wildman–Crippen LogP) is -0.877. The number of hydrogen-bond acceptors (Lipinski definition) is 4. The first-order valence-electron chi connectivity index (χ1n) is 6.61. The Balaban J connectivity index is 1.69.